The summed E-state index contributed by atoms with van der Waals surface area (Å²) < 4.78 is 5.44. The number of carbonyl (C=O) groups excluding carboxylic acids is 2. The van der Waals surface area contributed by atoms with Crippen molar-refractivity contribution in [2.24, 2.45) is 0 Å². The van der Waals surface area contributed by atoms with Crippen molar-refractivity contribution < 1.29 is 68.8 Å². The number of aromatic carboxylic acids is 3. The molecule has 11 nitrogen and oxygen atoms in total. The molecule has 0 aliphatic heterocycles. The zero-order chi connectivity index (χ0) is 55.5. The molecule has 0 bridgehead atoms. The van der Waals surface area contributed by atoms with E-state index in [2.05, 4.69) is 5.32 Å². The van der Waals surface area contributed by atoms with Crippen LogP contribution in [0.5, 0.6) is 0 Å². The van der Waals surface area contributed by atoms with Crippen LogP contribution in [0.25, 0.3) is 98.0 Å². The average molecular weight is 1060 g/mol. The predicted molar refractivity (Wildman–Crippen MR) is 318 cm³/mol. The maximum absolute atomic E-state index is 12.6. The fourth-order valence-electron chi connectivity index (χ4n) is 10.3. The Kier molecular flexibility index (Phi) is 16.0. The van der Waals surface area contributed by atoms with Gasteiger partial charge in [0.15, 0.2) is 0 Å². The molecule has 7 N–H and O–H groups in total. The van der Waals surface area contributed by atoms with Gasteiger partial charge < -0.3 is 36.3 Å². The van der Waals surface area contributed by atoms with Crippen molar-refractivity contribution in [2.75, 3.05) is 16.8 Å². The molecule has 0 aliphatic rings. The fraction of sp³-hybridized carbons (Fsp3) is 0.0588. The molecule has 12 aromatic rings. The van der Waals surface area contributed by atoms with Gasteiger partial charge in [-0.25, -0.2) is 14.4 Å². The molecule has 0 saturated heterocycles. The van der Waals surface area contributed by atoms with Crippen LogP contribution < -0.4 is 51.4 Å². The number of nitrogens with two attached hydrogens (primary N) is 2. The molecule has 12 heteroatoms. The van der Waals surface area contributed by atoms with E-state index in [1.54, 1.807) is 57.2 Å². The van der Waals surface area contributed by atoms with E-state index < -0.39 is 29.6 Å². The Morgan fingerprint density at radius 1 is 0.388 bits per heavy atom. The average Bonchev–Trinajstić information content (AvgIpc) is 3.48. The van der Waals surface area contributed by atoms with Gasteiger partial charge in [0.1, 0.15) is 5.60 Å². The third-order valence-electron chi connectivity index (χ3n) is 13.7. The Bertz CT molecular complexity index is 4240. The zero-order valence-corrected chi connectivity index (χ0v) is 46.3. The van der Waals surface area contributed by atoms with E-state index in [9.17, 15) is 34.5 Å². The Morgan fingerprint density at radius 3 is 1.00 bits per heavy atom. The number of hydrogen-bond acceptors (Lipinski definition) is 8. The molecule has 80 heavy (non-hydrogen) atoms. The third kappa shape index (κ3) is 11.1. The van der Waals surface area contributed by atoms with E-state index in [4.69, 9.17) is 16.2 Å². The molecule has 388 valence electrons. The number of anilines is 3. The summed E-state index contributed by atoms with van der Waals surface area (Å²) in [7, 11) is 0. The molecule has 12 aromatic carbocycles. The van der Waals surface area contributed by atoms with Gasteiger partial charge in [0.25, 0.3) is 0 Å². The number of carboxylic acid groups (broad SMARTS) is 3. The topological polar surface area (TPSA) is 205 Å². The van der Waals surface area contributed by atoms with Gasteiger partial charge in [-0.05, 0) is 116 Å². The molecule has 0 unspecified atom stereocenters. The quantitative estimate of drug-likeness (QED) is 0.0754. The summed E-state index contributed by atoms with van der Waals surface area (Å²) in [4.78, 5) is 48.3. The van der Waals surface area contributed by atoms with Crippen molar-refractivity contribution in [1.29, 1.82) is 0 Å². The first kappa shape index (κ1) is 55.2. The smallest absolute Gasteiger partial charge is 0.545 e. The number of nitrogens with one attached hydrogen (secondary N) is 1. The number of carboxylic acids is 3. The second kappa shape index (κ2) is 23.2. The van der Waals surface area contributed by atoms with E-state index in [1.807, 2.05) is 182 Å². The number of carbonyl (C=O) groups is 4. The van der Waals surface area contributed by atoms with Crippen LogP contribution in [0.15, 0.2) is 218 Å². The standard InChI is InChI=1S/C26H23NO4.2C21H15NO2.Na/c1-26(2,3)31-25(30)27-21-15-13-17-9-5-7-11-19(17)23(21)22-18-10-6-4-8-16(18)12-14-20(22)24(28)29;2*22-18-12-10-14-6-2-4-8-16(14)20(18)19-15-7-3-1-5-13(15)9-11-17(19)21(23)24;/h4-15H,1-3H3,(H,27,30)(H,28,29);2*1-12H,22H2,(H,23,24);/q;;;+1/p-1. The summed E-state index contributed by atoms with van der Waals surface area (Å²) in [5.74, 6) is -3.19. The predicted octanol–water partition coefficient (Wildman–Crippen LogP) is 12.3. The Morgan fingerprint density at radius 2 is 0.662 bits per heavy atom. The minimum atomic E-state index is -1.21. The Hall–Kier alpha value is -9.52. The molecule has 0 atom stereocenters. The van der Waals surface area contributed by atoms with E-state index >= 15 is 0 Å². The van der Waals surface area contributed by atoms with E-state index in [1.165, 1.54) is 0 Å². The molecule has 12 rings (SSSR count). The molecular weight excluding hydrogens is 1010 g/mol. The van der Waals surface area contributed by atoms with Gasteiger partial charge in [-0.3, -0.25) is 5.32 Å². The number of nitrogen functional groups attached to an aromatic ring is 2. The molecule has 0 heterocycles. The Labute approximate surface area is 483 Å². The largest absolute Gasteiger partial charge is 1.00 e. The maximum atomic E-state index is 12.6. The van der Waals surface area contributed by atoms with Gasteiger partial charge >= 0.3 is 47.6 Å². The second-order valence-corrected chi connectivity index (χ2v) is 19.9. The second-order valence-electron chi connectivity index (χ2n) is 19.9. The van der Waals surface area contributed by atoms with Gasteiger partial charge in [0, 0.05) is 50.3 Å². The first-order valence-corrected chi connectivity index (χ1v) is 25.4. The minimum absolute atomic E-state index is 0. The number of hydrogen-bond donors (Lipinski definition) is 5. The van der Waals surface area contributed by atoms with Crippen LogP contribution in [0, 0.1) is 0 Å². The van der Waals surface area contributed by atoms with Crippen molar-refractivity contribution in [3.05, 3.63) is 235 Å². The number of amides is 1. The van der Waals surface area contributed by atoms with E-state index in [0.29, 0.717) is 39.3 Å². The molecule has 0 saturated carbocycles. The van der Waals surface area contributed by atoms with Crippen LogP contribution in [-0.4, -0.2) is 39.8 Å². The molecule has 0 aliphatic carbocycles. The van der Waals surface area contributed by atoms with E-state index in [-0.39, 0.29) is 46.2 Å². The fourth-order valence-corrected chi connectivity index (χ4v) is 10.3. The molecule has 0 fully saturated rings. The molecular formula is C68H52N3NaO8. The normalized spacial score (nSPS) is 11.0. The summed E-state index contributed by atoms with van der Waals surface area (Å²) in [6.45, 7) is 5.38. The van der Waals surface area contributed by atoms with Crippen LogP contribution in [-0.2, 0) is 4.74 Å². The van der Waals surface area contributed by atoms with Gasteiger partial charge in [-0.15, -0.1) is 0 Å². The van der Waals surface area contributed by atoms with Crippen molar-refractivity contribution in [2.45, 2.75) is 26.4 Å². The third-order valence-corrected chi connectivity index (χ3v) is 13.7. The van der Waals surface area contributed by atoms with Crippen LogP contribution in [0.3, 0.4) is 0 Å². The van der Waals surface area contributed by atoms with Crippen molar-refractivity contribution >= 4 is 106 Å². The van der Waals surface area contributed by atoms with Crippen molar-refractivity contribution in [3.63, 3.8) is 0 Å². The summed E-state index contributed by atoms with van der Waals surface area (Å²) in [5, 5.41) is 45.4. The van der Waals surface area contributed by atoms with Crippen LogP contribution in [0.1, 0.15) is 51.8 Å². The molecule has 0 aromatic heterocycles. The maximum Gasteiger partial charge on any atom is 1.00 e. The summed E-state index contributed by atoms with van der Waals surface area (Å²) in [5.41, 5.74) is 18.1. The van der Waals surface area contributed by atoms with Gasteiger partial charge in [0.05, 0.1) is 22.8 Å². The number of ether oxygens (including phenoxy) is 1. The van der Waals surface area contributed by atoms with Gasteiger partial charge in [0.2, 0.25) is 0 Å². The van der Waals surface area contributed by atoms with Crippen LogP contribution in [0.2, 0.25) is 0 Å². The number of rotatable bonds is 7. The minimum Gasteiger partial charge on any atom is -0.545 e. The monoisotopic (exact) mass is 1060 g/mol. The van der Waals surface area contributed by atoms with Crippen LogP contribution in [0.4, 0.5) is 21.9 Å². The number of fused-ring (bicyclic) bond motifs is 6. The molecule has 1 amide bonds. The summed E-state index contributed by atoms with van der Waals surface area (Å²) in [6, 6.07) is 68.1. The molecule has 0 spiro atoms. The molecule has 0 radical (unpaired) electrons. The SMILES string of the molecule is CC(C)(C)OC(=O)Nc1ccc2ccccc2c1-c1c(C(=O)O)ccc2ccccc12.Nc1ccc2ccccc2c1-c1c(C(=O)O)ccc2ccccc12.Nc1ccc2ccccc2c1-c1c(C(=O)[O-])ccc2ccccc12.[Na+]. The van der Waals surface area contributed by atoms with Gasteiger partial charge in [-0.2, -0.15) is 0 Å². The Balaban J connectivity index is 0.000000146. The first-order valence-electron chi connectivity index (χ1n) is 25.4. The number of benzene rings is 12. The summed E-state index contributed by atoms with van der Waals surface area (Å²) in [6.07, 6.45) is -0.596. The van der Waals surface area contributed by atoms with E-state index in [0.717, 1.165) is 75.8 Å². The van der Waals surface area contributed by atoms with Crippen LogP contribution >= 0.6 is 0 Å². The van der Waals surface area contributed by atoms with Crippen molar-refractivity contribution in [3.8, 4) is 33.4 Å². The zero-order valence-electron chi connectivity index (χ0n) is 44.3. The van der Waals surface area contributed by atoms with Crippen molar-refractivity contribution in [1.82, 2.24) is 0 Å². The van der Waals surface area contributed by atoms with Gasteiger partial charge in [-0.1, -0.05) is 188 Å². The first-order chi connectivity index (χ1) is 38.1. The summed E-state index contributed by atoms with van der Waals surface area (Å²) >= 11 is 0.